The molecule has 0 aliphatic heterocycles. The molecule has 1 heterocycles. The molecule has 0 aliphatic rings. The van der Waals surface area contributed by atoms with Crippen molar-refractivity contribution in [3.63, 3.8) is 0 Å². The first-order chi connectivity index (χ1) is 12.2. The number of hydrogen-bond donors (Lipinski definition) is 0. The molecule has 0 fully saturated rings. The second kappa shape index (κ2) is 6.57. The molecule has 1 unspecified atom stereocenters. The summed E-state index contributed by atoms with van der Waals surface area (Å²) in [5.74, 6) is 1.64. The van der Waals surface area contributed by atoms with E-state index in [1.807, 2.05) is 49.4 Å². The van der Waals surface area contributed by atoms with Crippen LogP contribution in [0.2, 0.25) is 5.02 Å². The van der Waals surface area contributed by atoms with Crippen LogP contribution in [0, 0.1) is 0 Å². The van der Waals surface area contributed by atoms with Crippen LogP contribution in [-0.2, 0) is 0 Å². The molecule has 1 aromatic heterocycles. The van der Waals surface area contributed by atoms with Gasteiger partial charge in [0.2, 0.25) is 5.89 Å². The molecule has 0 N–H and O–H groups in total. The molecule has 4 nitrogen and oxygen atoms in total. The minimum atomic E-state index is -0.352. The van der Waals surface area contributed by atoms with Gasteiger partial charge in [-0.1, -0.05) is 41.9 Å². The fourth-order valence-electron chi connectivity index (χ4n) is 2.60. The predicted octanol–water partition coefficient (Wildman–Crippen LogP) is 5.68. The Morgan fingerprint density at radius 1 is 0.920 bits per heavy atom. The van der Waals surface area contributed by atoms with E-state index in [0.29, 0.717) is 16.8 Å². The van der Waals surface area contributed by atoms with E-state index in [1.54, 1.807) is 12.1 Å². The molecule has 25 heavy (non-hydrogen) atoms. The number of nitrogens with zero attached hydrogens (tertiary/aromatic N) is 2. The number of ether oxygens (including phenoxy) is 1. The Kier molecular flexibility index (Phi) is 4.12. The maximum Gasteiger partial charge on any atom is 0.257 e. The highest BCUT2D eigenvalue weighted by Gasteiger charge is 2.16. The van der Waals surface area contributed by atoms with Crippen molar-refractivity contribution in [1.82, 2.24) is 10.2 Å². The average molecular weight is 351 g/mol. The van der Waals surface area contributed by atoms with Crippen LogP contribution in [0.15, 0.2) is 71.1 Å². The van der Waals surface area contributed by atoms with Crippen LogP contribution in [-0.4, -0.2) is 10.2 Å². The Labute approximate surface area is 150 Å². The molecular weight excluding hydrogens is 336 g/mol. The third-order valence-electron chi connectivity index (χ3n) is 3.91. The van der Waals surface area contributed by atoms with E-state index >= 15 is 0 Å². The van der Waals surface area contributed by atoms with Gasteiger partial charge in [-0.15, -0.1) is 10.2 Å². The second-order valence-corrected chi connectivity index (χ2v) is 6.16. The summed E-state index contributed by atoms with van der Waals surface area (Å²) in [4.78, 5) is 0. The van der Waals surface area contributed by atoms with E-state index in [1.165, 1.54) is 5.39 Å². The van der Waals surface area contributed by atoms with Crippen LogP contribution in [0.1, 0.15) is 18.9 Å². The molecule has 0 aliphatic carbocycles. The molecule has 0 spiro atoms. The maximum absolute atomic E-state index is 5.96. The van der Waals surface area contributed by atoms with E-state index in [2.05, 4.69) is 22.3 Å². The minimum absolute atomic E-state index is 0.352. The molecule has 4 aromatic rings. The first kappa shape index (κ1) is 15.7. The molecule has 0 saturated carbocycles. The highest BCUT2D eigenvalue weighted by molar-refractivity contribution is 6.30. The van der Waals surface area contributed by atoms with Gasteiger partial charge in [0, 0.05) is 10.6 Å². The zero-order valence-corrected chi connectivity index (χ0v) is 14.3. The Morgan fingerprint density at radius 2 is 1.68 bits per heavy atom. The Balaban J connectivity index is 1.54. The van der Waals surface area contributed by atoms with Crippen molar-refractivity contribution in [2.45, 2.75) is 13.0 Å². The van der Waals surface area contributed by atoms with Gasteiger partial charge in [0.05, 0.1) is 0 Å². The van der Waals surface area contributed by atoms with E-state index in [0.717, 1.165) is 16.7 Å². The predicted molar refractivity (Wildman–Crippen MR) is 97.7 cm³/mol. The number of hydrogen-bond acceptors (Lipinski definition) is 4. The second-order valence-electron chi connectivity index (χ2n) is 5.72. The average Bonchev–Trinajstić information content (AvgIpc) is 3.12. The van der Waals surface area contributed by atoms with Crippen molar-refractivity contribution >= 4 is 22.4 Å². The lowest BCUT2D eigenvalue weighted by molar-refractivity contribution is 0.190. The highest BCUT2D eigenvalue weighted by Crippen LogP contribution is 2.27. The van der Waals surface area contributed by atoms with Crippen LogP contribution < -0.4 is 4.74 Å². The summed E-state index contributed by atoms with van der Waals surface area (Å²) >= 11 is 5.90. The van der Waals surface area contributed by atoms with Crippen molar-refractivity contribution in [2.24, 2.45) is 0 Å². The van der Waals surface area contributed by atoms with Crippen molar-refractivity contribution in [3.05, 3.63) is 77.6 Å². The summed E-state index contributed by atoms with van der Waals surface area (Å²) in [6.45, 7) is 1.88. The maximum atomic E-state index is 5.96. The number of halogens is 1. The lowest BCUT2D eigenvalue weighted by atomic mass is 10.1. The van der Waals surface area contributed by atoms with Gasteiger partial charge in [0.15, 0.2) is 6.10 Å². The monoisotopic (exact) mass is 350 g/mol. The SMILES string of the molecule is CC(Oc1ccc2ccccc2c1)c1nnc(-c2ccc(Cl)cc2)o1. The lowest BCUT2D eigenvalue weighted by Gasteiger charge is -2.11. The molecule has 5 heteroatoms. The Bertz CT molecular complexity index is 1010. The van der Waals surface area contributed by atoms with Crippen molar-refractivity contribution in [2.75, 3.05) is 0 Å². The van der Waals surface area contributed by atoms with Gasteiger partial charge >= 0.3 is 0 Å². The first-order valence-corrected chi connectivity index (χ1v) is 8.32. The molecule has 124 valence electrons. The molecule has 0 saturated heterocycles. The number of benzene rings is 3. The summed E-state index contributed by atoms with van der Waals surface area (Å²) in [5.41, 5.74) is 0.820. The van der Waals surface area contributed by atoms with Crippen LogP contribution in [0.5, 0.6) is 5.75 Å². The van der Waals surface area contributed by atoms with Gasteiger partial charge in [-0.05, 0) is 54.1 Å². The topological polar surface area (TPSA) is 48.2 Å². The van der Waals surface area contributed by atoms with Gasteiger partial charge in [-0.25, -0.2) is 0 Å². The van der Waals surface area contributed by atoms with E-state index in [9.17, 15) is 0 Å². The van der Waals surface area contributed by atoms with Crippen LogP contribution in [0.3, 0.4) is 0 Å². The third kappa shape index (κ3) is 3.35. The number of aromatic nitrogens is 2. The van der Waals surface area contributed by atoms with Crippen molar-refractivity contribution in [1.29, 1.82) is 0 Å². The quantitative estimate of drug-likeness (QED) is 0.475. The molecule has 0 bridgehead atoms. The molecule has 4 rings (SSSR count). The molecule has 0 amide bonds. The standard InChI is InChI=1S/C20H15ClN2O2/c1-13(24-18-11-8-14-4-2-3-5-16(14)12-18)19-22-23-20(25-19)15-6-9-17(21)10-7-15/h2-13H,1H3. The van der Waals surface area contributed by atoms with E-state index < -0.39 is 0 Å². The van der Waals surface area contributed by atoms with Crippen LogP contribution in [0.4, 0.5) is 0 Å². The van der Waals surface area contributed by atoms with Crippen molar-refractivity contribution in [3.8, 4) is 17.2 Å². The van der Waals surface area contributed by atoms with Gasteiger partial charge in [-0.3, -0.25) is 0 Å². The number of fused-ring (bicyclic) bond motifs is 1. The summed E-state index contributed by atoms with van der Waals surface area (Å²) in [7, 11) is 0. The molecule has 0 radical (unpaired) electrons. The molecule has 3 aromatic carbocycles. The number of rotatable bonds is 4. The van der Waals surface area contributed by atoms with Crippen LogP contribution in [0.25, 0.3) is 22.2 Å². The van der Waals surface area contributed by atoms with Gasteiger partial charge in [0.1, 0.15) is 5.75 Å². The fraction of sp³-hybridized carbons (Fsp3) is 0.100. The zero-order chi connectivity index (χ0) is 17.2. The fourth-order valence-corrected chi connectivity index (χ4v) is 2.73. The largest absolute Gasteiger partial charge is 0.481 e. The summed E-state index contributed by atoms with van der Waals surface area (Å²) in [5, 5.41) is 11.1. The molecular formula is C20H15ClN2O2. The first-order valence-electron chi connectivity index (χ1n) is 7.94. The smallest absolute Gasteiger partial charge is 0.257 e. The minimum Gasteiger partial charge on any atom is -0.481 e. The lowest BCUT2D eigenvalue weighted by Crippen LogP contribution is -2.03. The summed E-state index contributed by atoms with van der Waals surface area (Å²) in [6.07, 6.45) is -0.352. The summed E-state index contributed by atoms with van der Waals surface area (Å²) in [6, 6.07) is 21.4. The van der Waals surface area contributed by atoms with Gasteiger partial charge in [-0.2, -0.15) is 0 Å². The zero-order valence-electron chi connectivity index (χ0n) is 13.5. The summed E-state index contributed by atoms with van der Waals surface area (Å²) < 4.78 is 11.7. The van der Waals surface area contributed by atoms with Gasteiger partial charge in [0.25, 0.3) is 5.89 Å². The van der Waals surface area contributed by atoms with Gasteiger partial charge < -0.3 is 9.15 Å². The Morgan fingerprint density at radius 3 is 2.48 bits per heavy atom. The van der Waals surface area contributed by atoms with E-state index in [4.69, 9.17) is 20.8 Å². The molecule has 1 atom stereocenters. The normalized spacial score (nSPS) is 12.2. The highest BCUT2D eigenvalue weighted by atomic mass is 35.5. The van der Waals surface area contributed by atoms with Crippen LogP contribution >= 0.6 is 11.6 Å². The third-order valence-corrected chi connectivity index (χ3v) is 4.17. The Hall–Kier alpha value is -2.85. The van der Waals surface area contributed by atoms with Crippen molar-refractivity contribution < 1.29 is 9.15 Å². The van der Waals surface area contributed by atoms with E-state index in [-0.39, 0.29) is 6.10 Å².